The summed E-state index contributed by atoms with van der Waals surface area (Å²) in [4.78, 5) is 11.0. The summed E-state index contributed by atoms with van der Waals surface area (Å²) >= 11 is 0. The Morgan fingerprint density at radius 3 is 3.00 bits per heavy atom. The Hall–Kier alpha value is -2.24. The lowest BCUT2D eigenvalue weighted by atomic mass is 10.3. The second-order valence-electron chi connectivity index (χ2n) is 3.21. The van der Waals surface area contributed by atoms with E-state index in [4.69, 9.17) is 16.2 Å². The van der Waals surface area contributed by atoms with Gasteiger partial charge in [-0.2, -0.15) is 4.99 Å². The van der Waals surface area contributed by atoms with E-state index in [1.807, 2.05) is 25.1 Å². The summed E-state index contributed by atoms with van der Waals surface area (Å²) < 4.78 is 5.37. The van der Waals surface area contributed by atoms with Crippen molar-refractivity contribution < 1.29 is 4.74 Å². The molecule has 2 aromatic rings. The Morgan fingerprint density at radius 1 is 1.50 bits per heavy atom. The van der Waals surface area contributed by atoms with Crippen molar-refractivity contribution >= 4 is 22.9 Å². The van der Waals surface area contributed by atoms with Crippen LogP contribution < -0.4 is 16.2 Å². The molecular weight excluding hydrogens is 206 g/mol. The van der Waals surface area contributed by atoms with Crippen LogP contribution in [0.2, 0.25) is 0 Å². The van der Waals surface area contributed by atoms with E-state index < -0.39 is 0 Å². The van der Waals surface area contributed by atoms with Gasteiger partial charge in [0.2, 0.25) is 5.95 Å². The van der Waals surface area contributed by atoms with Crippen molar-refractivity contribution in [2.75, 3.05) is 6.61 Å². The van der Waals surface area contributed by atoms with Crippen molar-refractivity contribution in [1.82, 2.24) is 9.97 Å². The monoisotopic (exact) mass is 219 g/mol. The van der Waals surface area contributed by atoms with Gasteiger partial charge in [-0.15, -0.1) is 0 Å². The second kappa shape index (κ2) is 4.09. The van der Waals surface area contributed by atoms with Gasteiger partial charge >= 0.3 is 0 Å². The predicted octanol–water partition coefficient (Wildman–Crippen LogP) is 0.866. The van der Waals surface area contributed by atoms with Crippen molar-refractivity contribution in [3.05, 3.63) is 18.2 Å². The number of hydrogen-bond donors (Lipinski definition) is 3. The van der Waals surface area contributed by atoms with Crippen LogP contribution in [-0.2, 0) is 0 Å². The fourth-order valence-electron chi connectivity index (χ4n) is 1.41. The molecular formula is C10H13N5O. The lowest BCUT2D eigenvalue weighted by Crippen LogP contribution is -2.22. The van der Waals surface area contributed by atoms with Crippen LogP contribution in [0.15, 0.2) is 23.2 Å². The average Bonchev–Trinajstić information content (AvgIpc) is 2.58. The predicted molar refractivity (Wildman–Crippen MR) is 62.7 cm³/mol. The van der Waals surface area contributed by atoms with Crippen LogP contribution in [0.25, 0.3) is 11.0 Å². The molecule has 1 aromatic carbocycles. The zero-order valence-corrected chi connectivity index (χ0v) is 8.90. The molecule has 0 amide bonds. The van der Waals surface area contributed by atoms with Gasteiger partial charge in [-0.25, -0.2) is 4.98 Å². The summed E-state index contributed by atoms with van der Waals surface area (Å²) in [6, 6.07) is 5.56. The highest BCUT2D eigenvalue weighted by atomic mass is 16.5. The molecule has 1 aromatic heterocycles. The Balaban J connectivity index is 2.42. The number of aromatic nitrogens is 2. The van der Waals surface area contributed by atoms with Crippen molar-refractivity contribution in [3.8, 4) is 5.75 Å². The number of ether oxygens (including phenoxy) is 1. The molecule has 0 unspecified atom stereocenters. The number of H-pyrrole nitrogens is 1. The fourth-order valence-corrected chi connectivity index (χ4v) is 1.41. The van der Waals surface area contributed by atoms with Crippen molar-refractivity contribution in [1.29, 1.82) is 0 Å². The maximum absolute atomic E-state index is 5.37. The zero-order chi connectivity index (χ0) is 11.5. The smallest absolute Gasteiger partial charge is 0.231 e. The van der Waals surface area contributed by atoms with Gasteiger partial charge in [-0.3, -0.25) is 0 Å². The van der Waals surface area contributed by atoms with E-state index in [-0.39, 0.29) is 5.96 Å². The number of rotatable bonds is 3. The molecule has 5 N–H and O–H groups in total. The number of benzene rings is 1. The summed E-state index contributed by atoms with van der Waals surface area (Å²) in [5.41, 5.74) is 12.2. The third kappa shape index (κ3) is 2.05. The minimum absolute atomic E-state index is 0.0240. The van der Waals surface area contributed by atoms with E-state index in [1.54, 1.807) is 0 Å². The zero-order valence-electron chi connectivity index (χ0n) is 8.90. The van der Waals surface area contributed by atoms with E-state index in [0.717, 1.165) is 16.8 Å². The largest absolute Gasteiger partial charge is 0.494 e. The first-order valence-corrected chi connectivity index (χ1v) is 4.91. The lowest BCUT2D eigenvalue weighted by Gasteiger charge is -2.00. The van der Waals surface area contributed by atoms with Gasteiger partial charge in [0.25, 0.3) is 0 Å². The van der Waals surface area contributed by atoms with E-state index in [0.29, 0.717) is 12.6 Å². The number of guanidine groups is 1. The van der Waals surface area contributed by atoms with Crippen molar-refractivity contribution in [3.63, 3.8) is 0 Å². The Bertz CT molecular complexity index is 527. The molecule has 16 heavy (non-hydrogen) atoms. The SMILES string of the molecule is CCOc1ccc2nc(N=C(N)N)[nH]c2c1. The van der Waals surface area contributed by atoms with Gasteiger partial charge in [0.15, 0.2) is 5.96 Å². The molecule has 0 aliphatic rings. The van der Waals surface area contributed by atoms with Gasteiger partial charge in [-0.05, 0) is 19.1 Å². The molecule has 0 fully saturated rings. The van der Waals surface area contributed by atoms with Crippen LogP contribution >= 0.6 is 0 Å². The third-order valence-electron chi connectivity index (χ3n) is 1.99. The second-order valence-corrected chi connectivity index (χ2v) is 3.21. The molecule has 0 spiro atoms. The highest BCUT2D eigenvalue weighted by Gasteiger charge is 2.03. The Kier molecular flexibility index (Phi) is 2.63. The number of nitrogens with zero attached hydrogens (tertiary/aromatic N) is 2. The van der Waals surface area contributed by atoms with Crippen molar-refractivity contribution in [2.45, 2.75) is 6.92 Å². The minimum atomic E-state index is -0.0240. The standard InChI is InChI=1S/C10H13N5O/c1-2-16-6-3-4-7-8(5-6)14-10(13-7)15-9(11)12/h3-5H,2H2,1H3,(H5,11,12,13,14,15). The van der Waals surface area contributed by atoms with Crippen LogP contribution in [-0.4, -0.2) is 22.5 Å². The number of hydrogen-bond acceptors (Lipinski definition) is 3. The maximum Gasteiger partial charge on any atom is 0.231 e. The average molecular weight is 219 g/mol. The molecule has 84 valence electrons. The van der Waals surface area contributed by atoms with Crippen LogP contribution in [0.4, 0.5) is 5.95 Å². The number of fused-ring (bicyclic) bond motifs is 1. The third-order valence-corrected chi connectivity index (χ3v) is 1.99. The molecule has 0 saturated carbocycles. The molecule has 1 heterocycles. The molecule has 0 bridgehead atoms. The number of aromatic amines is 1. The van der Waals surface area contributed by atoms with Gasteiger partial charge in [0, 0.05) is 6.07 Å². The van der Waals surface area contributed by atoms with E-state index >= 15 is 0 Å². The van der Waals surface area contributed by atoms with Gasteiger partial charge in [0.1, 0.15) is 5.75 Å². The topological polar surface area (TPSA) is 102 Å². The van der Waals surface area contributed by atoms with Crippen LogP contribution in [0, 0.1) is 0 Å². The quantitative estimate of drug-likeness (QED) is 0.526. The Labute approximate surface area is 92.3 Å². The molecule has 0 radical (unpaired) electrons. The molecule has 6 heteroatoms. The van der Waals surface area contributed by atoms with E-state index in [1.165, 1.54) is 0 Å². The summed E-state index contributed by atoms with van der Waals surface area (Å²) in [7, 11) is 0. The molecule has 2 rings (SSSR count). The molecule has 0 saturated heterocycles. The van der Waals surface area contributed by atoms with Crippen LogP contribution in [0.3, 0.4) is 0 Å². The molecule has 6 nitrogen and oxygen atoms in total. The normalized spacial score (nSPS) is 10.3. The summed E-state index contributed by atoms with van der Waals surface area (Å²) in [6.07, 6.45) is 0. The molecule has 0 aliphatic heterocycles. The first-order chi connectivity index (χ1) is 7.69. The fraction of sp³-hybridized carbons (Fsp3) is 0.200. The molecule has 0 atom stereocenters. The number of nitrogens with two attached hydrogens (primary N) is 2. The summed E-state index contributed by atoms with van der Waals surface area (Å²) in [6.45, 7) is 2.56. The highest BCUT2D eigenvalue weighted by molar-refractivity contribution is 5.82. The summed E-state index contributed by atoms with van der Waals surface area (Å²) in [5, 5.41) is 0. The van der Waals surface area contributed by atoms with E-state index in [9.17, 15) is 0 Å². The highest BCUT2D eigenvalue weighted by Crippen LogP contribution is 2.21. The first-order valence-electron chi connectivity index (χ1n) is 4.91. The molecule has 0 aliphatic carbocycles. The van der Waals surface area contributed by atoms with Crippen molar-refractivity contribution in [2.24, 2.45) is 16.5 Å². The van der Waals surface area contributed by atoms with Gasteiger partial charge < -0.3 is 21.2 Å². The van der Waals surface area contributed by atoms with Gasteiger partial charge in [-0.1, -0.05) is 0 Å². The van der Waals surface area contributed by atoms with E-state index in [2.05, 4.69) is 15.0 Å². The maximum atomic E-state index is 5.37. The van der Waals surface area contributed by atoms with Crippen LogP contribution in [0.1, 0.15) is 6.92 Å². The first kappa shape index (κ1) is 10.3. The number of imidazole rings is 1. The summed E-state index contributed by atoms with van der Waals surface area (Å²) in [5.74, 6) is 1.16. The Morgan fingerprint density at radius 2 is 2.31 bits per heavy atom. The van der Waals surface area contributed by atoms with Gasteiger partial charge in [0.05, 0.1) is 17.6 Å². The van der Waals surface area contributed by atoms with Crippen LogP contribution in [0.5, 0.6) is 5.75 Å². The number of nitrogens with one attached hydrogen (secondary N) is 1. The number of aliphatic imine (C=N–C) groups is 1. The minimum Gasteiger partial charge on any atom is -0.494 e. The lowest BCUT2D eigenvalue weighted by molar-refractivity contribution is 0.340.